The maximum absolute atomic E-state index is 12.9. The molecule has 0 aromatic heterocycles. The summed E-state index contributed by atoms with van der Waals surface area (Å²) >= 11 is 0. The van der Waals surface area contributed by atoms with Crippen molar-refractivity contribution in [3.05, 3.63) is 0 Å². The Morgan fingerprint density at radius 1 is 1.10 bits per heavy atom. The highest BCUT2D eigenvalue weighted by molar-refractivity contribution is 5.68. The molecule has 0 radical (unpaired) electrons. The van der Waals surface area contributed by atoms with Crippen molar-refractivity contribution in [3.8, 4) is 0 Å². The number of likely N-dealkylation sites (tertiary alicyclic amines) is 3. The van der Waals surface area contributed by atoms with E-state index in [2.05, 4.69) is 4.90 Å². The Hall–Kier alpha value is -1.02. The zero-order valence-electron chi connectivity index (χ0n) is 17.4. The summed E-state index contributed by atoms with van der Waals surface area (Å²) in [6, 6.07) is 0.687. The van der Waals surface area contributed by atoms with E-state index in [9.17, 15) is 18.0 Å². The van der Waals surface area contributed by atoms with Crippen LogP contribution in [0.4, 0.5) is 18.0 Å². The molecule has 1 spiro atoms. The summed E-state index contributed by atoms with van der Waals surface area (Å²) in [4.78, 5) is 18.0. The van der Waals surface area contributed by atoms with Gasteiger partial charge in [-0.3, -0.25) is 4.90 Å². The molecule has 0 unspecified atom stereocenters. The smallest absolute Gasteiger partial charge is 0.409 e. The summed E-state index contributed by atoms with van der Waals surface area (Å²) in [6.45, 7) is 5.71. The van der Waals surface area contributed by atoms with Crippen molar-refractivity contribution in [1.82, 2.24) is 14.7 Å². The molecule has 3 saturated heterocycles. The molecule has 1 aliphatic carbocycles. The number of amides is 1. The average molecular weight is 418 g/mol. The quantitative estimate of drug-likeness (QED) is 0.698. The Morgan fingerprint density at radius 3 is 2.48 bits per heavy atom. The molecule has 0 aromatic carbocycles. The lowest BCUT2D eigenvalue weighted by atomic mass is 9.64. The van der Waals surface area contributed by atoms with Gasteiger partial charge in [0.1, 0.15) is 0 Å². The molecule has 0 aromatic rings. The minimum Gasteiger partial charge on any atom is -0.450 e. The van der Waals surface area contributed by atoms with E-state index in [0.29, 0.717) is 25.1 Å². The number of carbonyl (C=O) groups excluding carboxylic acids is 1. The third-order valence-corrected chi connectivity index (χ3v) is 7.73. The van der Waals surface area contributed by atoms with Crippen molar-refractivity contribution >= 4 is 6.09 Å². The lowest BCUT2D eigenvalue weighted by Crippen LogP contribution is -2.55. The molecule has 166 valence electrons. The van der Waals surface area contributed by atoms with E-state index in [1.54, 1.807) is 4.90 Å². The second-order valence-electron chi connectivity index (χ2n) is 9.60. The van der Waals surface area contributed by atoms with Crippen LogP contribution in [-0.2, 0) is 4.74 Å². The minimum atomic E-state index is -4.09. The first kappa shape index (κ1) is 21.2. The third-order valence-electron chi connectivity index (χ3n) is 7.73. The van der Waals surface area contributed by atoms with E-state index in [1.807, 2.05) is 11.8 Å². The second kappa shape index (κ2) is 8.25. The lowest BCUT2D eigenvalue weighted by Gasteiger charge is -2.52. The Morgan fingerprint density at radius 2 is 1.83 bits per heavy atom. The predicted molar refractivity (Wildman–Crippen MR) is 104 cm³/mol. The number of rotatable bonds is 4. The second-order valence-corrected chi connectivity index (χ2v) is 9.60. The van der Waals surface area contributed by atoms with Gasteiger partial charge >= 0.3 is 12.3 Å². The van der Waals surface area contributed by atoms with Gasteiger partial charge in [0, 0.05) is 25.2 Å². The van der Waals surface area contributed by atoms with Crippen LogP contribution in [-0.4, -0.2) is 84.9 Å². The Balaban J connectivity index is 1.22. The van der Waals surface area contributed by atoms with Crippen molar-refractivity contribution in [3.63, 3.8) is 0 Å². The van der Waals surface area contributed by atoms with Gasteiger partial charge in [0.25, 0.3) is 0 Å². The van der Waals surface area contributed by atoms with Crippen LogP contribution < -0.4 is 0 Å². The van der Waals surface area contributed by atoms with Crippen molar-refractivity contribution in [2.45, 2.75) is 70.1 Å². The largest absolute Gasteiger partial charge is 0.450 e. The van der Waals surface area contributed by atoms with Gasteiger partial charge in [-0.25, -0.2) is 4.79 Å². The van der Waals surface area contributed by atoms with Gasteiger partial charge in [0.05, 0.1) is 13.2 Å². The third kappa shape index (κ3) is 4.68. The van der Waals surface area contributed by atoms with Gasteiger partial charge in [0.15, 0.2) is 0 Å². The maximum Gasteiger partial charge on any atom is 0.409 e. The normalized spacial score (nSPS) is 34.7. The molecule has 29 heavy (non-hydrogen) atoms. The number of halogens is 3. The van der Waals surface area contributed by atoms with Gasteiger partial charge in [0.2, 0.25) is 0 Å². The maximum atomic E-state index is 12.9. The fourth-order valence-electron chi connectivity index (χ4n) is 6.32. The number of hydrogen-bond acceptors (Lipinski definition) is 4. The van der Waals surface area contributed by atoms with Crippen LogP contribution in [0.5, 0.6) is 0 Å². The van der Waals surface area contributed by atoms with Crippen molar-refractivity contribution in [2.24, 2.45) is 11.3 Å². The van der Waals surface area contributed by atoms with Crippen LogP contribution in [0, 0.1) is 11.3 Å². The molecule has 4 aliphatic rings. The molecule has 4 rings (SSSR count). The standard InChI is InChI=1S/C21H34F3N3O2/c1-2-29-19(28)27-11-7-20(14-27)12-17(13-20)25-9-5-16(6-10-25)18-4-3-8-26(18)15-21(22,23)24/h16-18H,2-15H2,1H3/t17?,18-,20?/m0/s1. The van der Waals surface area contributed by atoms with E-state index < -0.39 is 12.7 Å². The van der Waals surface area contributed by atoms with Crippen LogP contribution in [0.1, 0.15) is 51.9 Å². The first-order chi connectivity index (χ1) is 13.8. The average Bonchev–Trinajstić information content (AvgIpc) is 3.27. The van der Waals surface area contributed by atoms with E-state index in [1.165, 1.54) is 0 Å². The van der Waals surface area contributed by atoms with Gasteiger partial charge in [-0.1, -0.05) is 0 Å². The van der Waals surface area contributed by atoms with Gasteiger partial charge < -0.3 is 14.5 Å². The summed E-state index contributed by atoms with van der Waals surface area (Å²) in [7, 11) is 0. The highest BCUT2D eigenvalue weighted by atomic mass is 19.4. The summed E-state index contributed by atoms with van der Waals surface area (Å²) in [6.07, 6.45) is 2.88. The lowest BCUT2D eigenvalue weighted by molar-refractivity contribution is -0.150. The fraction of sp³-hybridized carbons (Fsp3) is 0.952. The van der Waals surface area contributed by atoms with Gasteiger partial charge in [-0.2, -0.15) is 13.2 Å². The van der Waals surface area contributed by atoms with Crippen LogP contribution in [0.2, 0.25) is 0 Å². The molecule has 8 heteroatoms. The molecule has 4 fully saturated rings. The van der Waals surface area contributed by atoms with E-state index in [-0.39, 0.29) is 17.6 Å². The van der Waals surface area contributed by atoms with Gasteiger partial charge in [-0.05, 0) is 82.8 Å². The van der Waals surface area contributed by atoms with Crippen LogP contribution in [0.3, 0.4) is 0 Å². The molecule has 1 saturated carbocycles. The van der Waals surface area contributed by atoms with E-state index >= 15 is 0 Å². The van der Waals surface area contributed by atoms with Crippen LogP contribution in [0.15, 0.2) is 0 Å². The highest BCUT2D eigenvalue weighted by Crippen LogP contribution is 2.51. The van der Waals surface area contributed by atoms with Crippen LogP contribution in [0.25, 0.3) is 0 Å². The SMILES string of the molecule is CCOC(=O)N1CCC2(CC(N3CCC([C@@H]4CCCN4CC(F)(F)F)CC3)C2)C1. The molecule has 3 heterocycles. The van der Waals surface area contributed by atoms with Crippen molar-refractivity contribution in [1.29, 1.82) is 0 Å². The molecule has 1 amide bonds. The zero-order valence-corrected chi connectivity index (χ0v) is 17.4. The topological polar surface area (TPSA) is 36.0 Å². The molecule has 0 bridgehead atoms. The number of hydrogen-bond donors (Lipinski definition) is 0. The molecular weight excluding hydrogens is 383 g/mol. The molecule has 0 N–H and O–H groups in total. The Labute approximate surface area is 171 Å². The first-order valence-electron chi connectivity index (χ1n) is 11.3. The molecule has 1 atom stereocenters. The number of carbonyl (C=O) groups is 1. The number of ether oxygens (including phenoxy) is 1. The zero-order chi connectivity index (χ0) is 20.6. The molecule has 5 nitrogen and oxygen atoms in total. The number of nitrogens with zero attached hydrogens (tertiary/aromatic N) is 3. The van der Waals surface area contributed by atoms with Crippen molar-refractivity contribution < 1.29 is 22.7 Å². The van der Waals surface area contributed by atoms with Crippen LogP contribution >= 0.6 is 0 Å². The number of piperidine rings is 1. The summed E-state index contributed by atoms with van der Waals surface area (Å²) in [5.74, 6) is 0.399. The Kier molecular flexibility index (Phi) is 6.04. The molecule has 3 aliphatic heterocycles. The number of alkyl halides is 3. The molecular formula is C21H34F3N3O2. The Bertz CT molecular complexity index is 586. The predicted octanol–water partition coefficient (Wildman–Crippen LogP) is 3.74. The van der Waals surface area contributed by atoms with E-state index in [4.69, 9.17) is 4.74 Å². The monoisotopic (exact) mass is 417 g/mol. The summed E-state index contributed by atoms with van der Waals surface area (Å²) < 4.78 is 43.7. The summed E-state index contributed by atoms with van der Waals surface area (Å²) in [5, 5.41) is 0. The highest BCUT2D eigenvalue weighted by Gasteiger charge is 2.51. The van der Waals surface area contributed by atoms with Gasteiger partial charge in [-0.15, -0.1) is 0 Å². The first-order valence-corrected chi connectivity index (χ1v) is 11.3. The summed E-state index contributed by atoms with van der Waals surface area (Å²) in [5.41, 5.74) is 0.267. The fourth-order valence-corrected chi connectivity index (χ4v) is 6.32. The van der Waals surface area contributed by atoms with E-state index in [0.717, 1.165) is 71.1 Å². The minimum absolute atomic E-state index is 0.111. The van der Waals surface area contributed by atoms with Crippen molar-refractivity contribution in [2.75, 3.05) is 45.9 Å².